The number of carbonyl (C=O) groups excluding carboxylic acids is 1. The molecule has 0 aliphatic rings. The molecule has 0 aliphatic heterocycles. The Morgan fingerprint density at radius 2 is 1.92 bits per heavy atom. The molecule has 0 amide bonds. The maximum absolute atomic E-state index is 11.9. The molecule has 0 radical (unpaired) electrons. The molecule has 0 aromatic heterocycles. The number of Topliss-reactive ketones (excluding diaryl/α,β-unsaturated/α-hetero) is 1. The maximum Gasteiger partial charge on any atom is 0.454 e. The Morgan fingerprint density at radius 3 is 2.23 bits per heavy atom. The highest BCUT2D eigenvalue weighted by Crippen LogP contribution is 2.21. The van der Waals surface area contributed by atoms with Gasteiger partial charge in [-0.05, 0) is 6.92 Å². The summed E-state index contributed by atoms with van der Waals surface area (Å²) < 4.78 is 35.6. The molecule has 0 fully saturated rings. The molecule has 0 N–H and O–H groups in total. The molecule has 0 saturated heterocycles. The van der Waals surface area contributed by atoms with Crippen LogP contribution in [0.15, 0.2) is 36.5 Å². The van der Waals surface area contributed by atoms with E-state index in [4.69, 9.17) is 0 Å². The average molecular weight is 190 g/mol. The van der Waals surface area contributed by atoms with E-state index in [1.165, 1.54) is 19.1 Å². The minimum absolute atomic E-state index is 0.382. The SMILES string of the molecule is C=C/C=C\C(=C/C)C(=O)C(F)(F)F. The van der Waals surface area contributed by atoms with Crippen LogP contribution in [0.3, 0.4) is 0 Å². The Morgan fingerprint density at radius 1 is 1.38 bits per heavy atom. The summed E-state index contributed by atoms with van der Waals surface area (Å²) in [5.74, 6) is -1.84. The Kier molecular flexibility index (Phi) is 4.17. The molecule has 13 heavy (non-hydrogen) atoms. The lowest BCUT2D eigenvalue weighted by Gasteiger charge is -2.04. The van der Waals surface area contributed by atoms with Gasteiger partial charge in [0.25, 0.3) is 5.78 Å². The monoisotopic (exact) mass is 190 g/mol. The fourth-order valence-corrected chi connectivity index (χ4v) is 0.638. The van der Waals surface area contributed by atoms with Crippen LogP contribution < -0.4 is 0 Å². The number of ketones is 1. The molecule has 0 aromatic carbocycles. The zero-order valence-corrected chi connectivity index (χ0v) is 7.06. The van der Waals surface area contributed by atoms with Gasteiger partial charge in [-0.3, -0.25) is 4.79 Å². The normalized spacial score (nSPS) is 13.4. The summed E-state index contributed by atoms with van der Waals surface area (Å²) >= 11 is 0. The predicted molar refractivity (Wildman–Crippen MR) is 44.2 cm³/mol. The quantitative estimate of drug-likeness (QED) is 0.494. The standard InChI is InChI=1S/C9H9F3O/c1-3-5-6-7(4-2)8(13)9(10,11)12/h3-6H,1H2,2H3/b6-5-,7-4+. The average Bonchev–Trinajstić information content (AvgIpc) is 2.04. The number of halogens is 3. The van der Waals surface area contributed by atoms with Gasteiger partial charge in [-0.1, -0.05) is 30.9 Å². The molecule has 0 aromatic rings. The van der Waals surface area contributed by atoms with E-state index in [9.17, 15) is 18.0 Å². The molecule has 72 valence electrons. The first-order valence-electron chi connectivity index (χ1n) is 3.50. The summed E-state index contributed by atoms with van der Waals surface area (Å²) in [6.07, 6.45) is -0.0574. The molecule has 0 rings (SSSR count). The van der Waals surface area contributed by atoms with E-state index in [2.05, 4.69) is 6.58 Å². The van der Waals surface area contributed by atoms with Crippen LogP contribution >= 0.6 is 0 Å². The minimum atomic E-state index is -4.81. The van der Waals surface area contributed by atoms with Gasteiger partial charge in [-0.15, -0.1) is 0 Å². The molecule has 0 bridgehead atoms. The van der Waals surface area contributed by atoms with Crippen molar-refractivity contribution in [2.24, 2.45) is 0 Å². The lowest BCUT2D eigenvalue weighted by atomic mass is 10.1. The highest BCUT2D eigenvalue weighted by atomic mass is 19.4. The Hall–Kier alpha value is -1.32. The summed E-state index contributed by atoms with van der Waals surface area (Å²) in [5.41, 5.74) is -0.382. The van der Waals surface area contributed by atoms with E-state index in [0.29, 0.717) is 0 Å². The molecule has 4 heteroatoms. The summed E-state index contributed by atoms with van der Waals surface area (Å²) in [6, 6.07) is 0. The van der Waals surface area contributed by atoms with Crippen LogP contribution in [-0.4, -0.2) is 12.0 Å². The molecule has 0 saturated carbocycles. The summed E-state index contributed by atoms with van der Waals surface area (Å²) in [7, 11) is 0. The fraction of sp³-hybridized carbons (Fsp3) is 0.222. The van der Waals surface area contributed by atoms with Gasteiger partial charge >= 0.3 is 6.18 Å². The highest BCUT2D eigenvalue weighted by molar-refractivity contribution is 6.01. The van der Waals surface area contributed by atoms with E-state index >= 15 is 0 Å². The van der Waals surface area contributed by atoms with Crippen molar-refractivity contribution in [3.8, 4) is 0 Å². The van der Waals surface area contributed by atoms with Crippen LogP contribution in [0.5, 0.6) is 0 Å². The van der Waals surface area contributed by atoms with Gasteiger partial charge < -0.3 is 0 Å². The number of carbonyl (C=O) groups is 1. The second-order valence-corrected chi connectivity index (χ2v) is 2.17. The predicted octanol–water partition coefficient (Wildman–Crippen LogP) is 2.81. The van der Waals surface area contributed by atoms with Gasteiger partial charge in [0.1, 0.15) is 0 Å². The highest BCUT2D eigenvalue weighted by Gasteiger charge is 2.39. The molecular weight excluding hydrogens is 181 g/mol. The molecular formula is C9H9F3O. The second-order valence-electron chi connectivity index (χ2n) is 2.17. The number of hydrogen-bond donors (Lipinski definition) is 0. The van der Waals surface area contributed by atoms with E-state index in [1.807, 2.05) is 0 Å². The van der Waals surface area contributed by atoms with E-state index in [1.54, 1.807) is 0 Å². The fourth-order valence-electron chi connectivity index (χ4n) is 0.638. The zero-order valence-electron chi connectivity index (χ0n) is 7.06. The van der Waals surface area contributed by atoms with E-state index < -0.39 is 12.0 Å². The van der Waals surface area contributed by atoms with Crippen molar-refractivity contribution in [1.29, 1.82) is 0 Å². The molecule has 0 spiro atoms. The van der Waals surface area contributed by atoms with Crippen molar-refractivity contribution in [1.82, 2.24) is 0 Å². The maximum atomic E-state index is 11.9. The van der Waals surface area contributed by atoms with E-state index in [0.717, 1.165) is 12.2 Å². The largest absolute Gasteiger partial charge is 0.454 e. The minimum Gasteiger partial charge on any atom is -0.284 e. The van der Waals surface area contributed by atoms with Gasteiger partial charge in [0, 0.05) is 5.57 Å². The third kappa shape index (κ3) is 3.73. The zero-order chi connectivity index (χ0) is 10.5. The molecule has 0 unspecified atom stereocenters. The van der Waals surface area contributed by atoms with Gasteiger partial charge in [0.15, 0.2) is 0 Å². The Balaban J connectivity index is 4.73. The van der Waals surface area contributed by atoms with Crippen LogP contribution in [0.1, 0.15) is 6.92 Å². The van der Waals surface area contributed by atoms with Gasteiger partial charge in [-0.25, -0.2) is 0 Å². The van der Waals surface area contributed by atoms with Crippen molar-refractivity contribution < 1.29 is 18.0 Å². The Bertz CT molecular complexity index is 259. The van der Waals surface area contributed by atoms with Crippen LogP contribution in [0.4, 0.5) is 13.2 Å². The summed E-state index contributed by atoms with van der Waals surface area (Å²) in [4.78, 5) is 10.6. The molecule has 1 nitrogen and oxygen atoms in total. The smallest absolute Gasteiger partial charge is 0.284 e. The molecule has 0 aliphatic carbocycles. The first-order valence-corrected chi connectivity index (χ1v) is 3.50. The van der Waals surface area contributed by atoms with Crippen molar-refractivity contribution in [3.63, 3.8) is 0 Å². The molecule has 0 heterocycles. The van der Waals surface area contributed by atoms with Crippen molar-refractivity contribution >= 4 is 5.78 Å². The third-order valence-electron chi connectivity index (χ3n) is 1.24. The van der Waals surface area contributed by atoms with Crippen molar-refractivity contribution in [3.05, 3.63) is 36.5 Å². The second kappa shape index (κ2) is 4.64. The number of alkyl halides is 3. The molecule has 0 atom stereocenters. The summed E-state index contributed by atoms with van der Waals surface area (Å²) in [6.45, 7) is 4.65. The lowest BCUT2D eigenvalue weighted by Crippen LogP contribution is -2.23. The van der Waals surface area contributed by atoms with Crippen LogP contribution in [0.2, 0.25) is 0 Å². The summed E-state index contributed by atoms with van der Waals surface area (Å²) in [5, 5.41) is 0. The van der Waals surface area contributed by atoms with Crippen LogP contribution in [0.25, 0.3) is 0 Å². The van der Waals surface area contributed by atoms with Gasteiger partial charge in [0.05, 0.1) is 0 Å². The van der Waals surface area contributed by atoms with Crippen molar-refractivity contribution in [2.45, 2.75) is 13.1 Å². The third-order valence-corrected chi connectivity index (χ3v) is 1.24. The number of rotatable bonds is 3. The van der Waals surface area contributed by atoms with Crippen molar-refractivity contribution in [2.75, 3.05) is 0 Å². The number of allylic oxidation sites excluding steroid dienone is 5. The van der Waals surface area contributed by atoms with Gasteiger partial charge in [0.2, 0.25) is 0 Å². The van der Waals surface area contributed by atoms with Crippen LogP contribution in [0, 0.1) is 0 Å². The topological polar surface area (TPSA) is 17.1 Å². The van der Waals surface area contributed by atoms with Gasteiger partial charge in [-0.2, -0.15) is 13.2 Å². The first kappa shape index (κ1) is 11.7. The first-order chi connectivity index (χ1) is 5.93. The number of hydrogen-bond acceptors (Lipinski definition) is 1. The van der Waals surface area contributed by atoms with Crippen LogP contribution in [-0.2, 0) is 4.79 Å². The lowest BCUT2D eigenvalue weighted by molar-refractivity contribution is -0.166. The van der Waals surface area contributed by atoms with E-state index in [-0.39, 0.29) is 5.57 Å². The Labute approximate surface area is 74.2 Å².